The Morgan fingerprint density at radius 2 is 2.02 bits per heavy atom. The number of carbonyl (C=O) groups is 1. The average Bonchev–Trinajstić information content (AvgIpc) is 2.95. The minimum absolute atomic E-state index is 0.000841. The second kappa shape index (κ2) is 12.9. The van der Waals surface area contributed by atoms with Crippen molar-refractivity contribution in [2.24, 2.45) is 16.3 Å². The first-order chi connectivity index (χ1) is 21.1. The van der Waals surface area contributed by atoms with E-state index < -0.39 is 17.8 Å². The van der Waals surface area contributed by atoms with Crippen LogP contribution in [-0.2, 0) is 27.1 Å². The summed E-state index contributed by atoms with van der Waals surface area (Å²) in [5.74, 6) is -0.0740. The third-order valence-electron chi connectivity index (χ3n) is 9.93. The summed E-state index contributed by atoms with van der Waals surface area (Å²) >= 11 is 0. The van der Waals surface area contributed by atoms with E-state index in [1.165, 1.54) is 18.1 Å². The van der Waals surface area contributed by atoms with Gasteiger partial charge in [-0.25, -0.2) is 9.37 Å². The largest absolute Gasteiger partial charge is 0.480 e. The van der Waals surface area contributed by atoms with Crippen LogP contribution in [0.5, 0.6) is 0 Å². The lowest BCUT2D eigenvalue weighted by Crippen LogP contribution is -2.56. The summed E-state index contributed by atoms with van der Waals surface area (Å²) in [6, 6.07) is 6.41. The summed E-state index contributed by atoms with van der Waals surface area (Å²) in [5.41, 5.74) is 5.17. The number of aliphatic imine (C=N–C) groups is 1. The highest BCUT2D eigenvalue weighted by molar-refractivity contribution is 6.09. The van der Waals surface area contributed by atoms with Crippen LogP contribution < -0.4 is 5.32 Å². The number of aliphatic carboxylic acids is 1. The van der Waals surface area contributed by atoms with Crippen LogP contribution >= 0.6 is 0 Å². The van der Waals surface area contributed by atoms with Gasteiger partial charge in [-0.15, -0.1) is 0 Å². The summed E-state index contributed by atoms with van der Waals surface area (Å²) in [7, 11) is 0. The van der Waals surface area contributed by atoms with Gasteiger partial charge in [0.15, 0.2) is 0 Å². The molecular weight excluding hydrogens is 559 g/mol. The number of unbranched alkanes of at least 4 members (excludes halogenated alkanes) is 2. The van der Waals surface area contributed by atoms with E-state index in [-0.39, 0.29) is 29.4 Å². The van der Waals surface area contributed by atoms with Crippen molar-refractivity contribution in [3.8, 4) is 0 Å². The fraction of sp³-hybridized carbons (Fsp3) is 0.629. The van der Waals surface area contributed by atoms with Crippen LogP contribution in [-0.4, -0.2) is 78.3 Å². The summed E-state index contributed by atoms with van der Waals surface area (Å²) in [5, 5.41) is 13.9. The van der Waals surface area contributed by atoms with Crippen molar-refractivity contribution in [1.29, 1.82) is 0 Å². The van der Waals surface area contributed by atoms with Gasteiger partial charge in [0, 0.05) is 43.4 Å². The molecule has 3 atom stereocenters. The van der Waals surface area contributed by atoms with Gasteiger partial charge in [-0.1, -0.05) is 33.3 Å². The first-order valence-corrected chi connectivity index (χ1v) is 16.5. The van der Waals surface area contributed by atoms with Gasteiger partial charge in [0.2, 0.25) is 0 Å². The lowest BCUT2D eigenvalue weighted by atomic mass is 9.70. The first kappa shape index (κ1) is 31.1. The smallest absolute Gasteiger partial charge is 0.325 e. The predicted molar refractivity (Wildman–Crippen MR) is 169 cm³/mol. The standard InChI is InChI=1S/C35H47FN4O4/c1-21(2)30-22(3)27-15-24(36)16-28(29(27)32(39-30)35(4)19-43-20-35)31(34(41)42)40-17-26(18-40)44-14-7-5-6-10-25-12-11-23-9-8-13-37-33(23)38-25/h11-12,15-16,21-22,26,30-31H,5-10,13-14,17-20H2,1-4H3,(H,37,38)(H,41,42). The van der Waals surface area contributed by atoms with Gasteiger partial charge in [-0.3, -0.25) is 14.7 Å². The molecule has 4 aliphatic heterocycles. The molecule has 2 N–H and O–H groups in total. The Labute approximate surface area is 260 Å². The summed E-state index contributed by atoms with van der Waals surface area (Å²) < 4.78 is 26.9. The van der Waals surface area contributed by atoms with E-state index in [4.69, 9.17) is 19.5 Å². The van der Waals surface area contributed by atoms with Crippen LogP contribution in [0.2, 0.25) is 0 Å². The second-order valence-corrected chi connectivity index (χ2v) is 13.9. The number of fused-ring (bicyclic) bond motifs is 2. The molecule has 5 heterocycles. The number of hydrogen-bond acceptors (Lipinski definition) is 7. The van der Waals surface area contributed by atoms with Crippen molar-refractivity contribution in [3.05, 3.63) is 58.0 Å². The molecule has 0 amide bonds. The molecule has 2 aromatic rings. The van der Waals surface area contributed by atoms with Gasteiger partial charge >= 0.3 is 5.97 Å². The number of hydrogen-bond donors (Lipinski definition) is 2. The number of aromatic nitrogens is 1. The van der Waals surface area contributed by atoms with Gasteiger partial charge in [0.1, 0.15) is 17.7 Å². The fourth-order valence-corrected chi connectivity index (χ4v) is 7.35. The van der Waals surface area contributed by atoms with E-state index in [1.54, 1.807) is 6.07 Å². The van der Waals surface area contributed by atoms with Crippen molar-refractivity contribution in [1.82, 2.24) is 9.88 Å². The van der Waals surface area contributed by atoms with E-state index in [9.17, 15) is 9.90 Å². The molecule has 4 aliphatic rings. The first-order valence-electron chi connectivity index (χ1n) is 16.5. The molecule has 3 unspecified atom stereocenters. The number of halogens is 1. The number of carboxylic acid groups (broad SMARTS) is 1. The minimum atomic E-state index is -0.977. The van der Waals surface area contributed by atoms with Crippen LogP contribution in [0.3, 0.4) is 0 Å². The number of anilines is 1. The molecule has 0 saturated carbocycles. The van der Waals surface area contributed by atoms with E-state index in [2.05, 4.69) is 45.1 Å². The van der Waals surface area contributed by atoms with Crippen LogP contribution in [0.25, 0.3) is 0 Å². The summed E-state index contributed by atoms with van der Waals surface area (Å²) in [4.78, 5) is 24.7. The van der Waals surface area contributed by atoms with Crippen LogP contribution in [0.1, 0.15) is 93.3 Å². The molecule has 0 bridgehead atoms. The number of likely N-dealkylation sites (tertiary alicyclic amines) is 1. The van der Waals surface area contributed by atoms with Crippen molar-refractivity contribution < 1.29 is 23.8 Å². The maximum atomic E-state index is 15.2. The van der Waals surface area contributed by atoms with Gasteiger partial charge in [0.05, 0.1) is 36.5 Å². The van der Waals surface area contributed by atoms with Crippen LogP contribution in [0.4, 0.5) is 10.2 Å². The van der Waals surface area contributed by atoms with Crippen molar-refractivity contribution in [2.75, 3.05) is 44.8 Å². The van der Waals surface area contributed by atoms with Crippen molar-refractivity contribution in [2.45, 2.75) is 90.3 Å². The Morgan fingerprint density at radius 3 is 2.73 bits per heavy atom. The van der Waals surface area contributed by atoms with Crippen molar-refractivity contribution in [3.63, 3.8) is 0 Å². The monoisotopic (exact) mass is 606 g/mol. The molecule has 238 valence electrons. The van der Waals surface area contributed by atoms with E-state index in [0.29, 0.717) is 38.5 Å². The van der Waals surface area contributed by atoms with Crippen LogP contribution in [0, 0.1) is 17.2 Å². The maximum Gasteiger partial charge on any atom is 0.325 e. The van der Waals surface area contributed by atoms with E-state index >= 15 is 4.39 Å². The Hall–Kier alpha value is -2.88. The Balaban J connectivity index is 1.07. The van der Waals surface area contributed by atoms with E-state index in [1.807, 2.05) is 4.90 Å². The molecule has 1 aromatic carbocycles. The zero-order chi connectivity index (χ0) is 31.0. The van der Waals surface area contributed by atoms with Gasteiger partial charge in [-0.05, 0) is 79.8 Å². The normalized spacial score (nSPS) is 23.5. The molecule has 0 spiro atoms. The number of rotatable bonds is 12. The molecule has 2 fully saturated rings. The fourth-order valence-electron chi connectivity index (χ4n) is 7.35. The van der Waals surface area contributed by atoms with Crippen LogP contribution in [0.15, 0.2) is 29.3 Å². The molecule has 1 aromatic heterocycles. The topological polar surface area (TPSA) is 96.3 Å². The maximum absolute atomic E-state index is 15.2. The second-order valence-electron chi connectivity index (χ2n) is 13.9. The minimum Gasteiger partial charge on any atom is -0.480 e. The Kier molecular flexibility index (Phi) is 9.09. The predicted octanol–water partition coefficient (Wildman–Crippen LogP) is 5.79. The lowest BCUT2D eigenvalue weighted by molar-refractivity contribution is -0.151. The molecule has 6 rings (SSSR count). The highest BCUT2D eigenvalue weighted by atomic mass is 19.1. The number of nitrogens with one attached hydrogen (secondary N) is 1. The van der Waals surface area contributed by atoms with Gasteiger partial charge < -0.3 is 19.9 Å². The number of pyridine rings is 1. The number of carboxylic acids is 1. The van der Waals surface area contributed by atoms with Gasteiger partial charge in [0.25, 0.3) is 0 Å². The Morgan fingerprint density at radius 1 is 1.23 bits per heavy atom. The molecule has 2 saturated heterocycles. The molecule has 0 aliphatic carbocycles. The zero-order valence-corrected chi connectivity index (χ0v) is 26.6. The molecule has 44 heavy (non-hydrogen) atoms. The highest BCUT2D eigenvalue weighted by Crippen LogP contribution is 2.45. The number of aryl methyl sites for hydroxylation is 2. The zero-order valence-electron chi connectivity index (χ0n) is 26.6. The third-order valence-corrected chi connectivity index (χ3v) is 9.93. The number of ether oxygens (including phenoxy) is 2. The molecule has 8 nitrogen and oxygen atoms in total. The molecular formula is C35H47FN4O4. The Bertz CT molecular complexity index is 1400. The summed E-state index contributed by atoms with van der Waals surface area (Å²) in [6.45, 7) is 12.2. The third kappa shape index (κ3) is 6.15. The van der Waals surface area contributed by atoms with E-state index in [0.717, 1.165) is 67.0 Å². The average molecular weight is 607 g/mol. The van der Waals surface area contributed by atoms with Gasteiger partial charge in [-0.2, -0.15) is 0 Å². The SMILES string of the molecule is CC(C)C1N=C(C2(C)COC2)c2c(cc(F)cc2C(C(=O)O)N2CC(OCCCCCc3ccc4c(n3)NCCC4)C2)C1C. The summed E-state index contributed by atoms with van der Waals surface area (Å²) in [6.07, 6.45) is 6.26. The lowest BCUT2D eigenvalue weighted by Gasteiger charge is -2.46. The quantitative estimate of drug-likeness (QED) is 0.296. The number of benzene rings is 1. The van der Waals surface area contributed by atoms with Crippen molar-refractivity contribution >= 4 is 17.5 Å². The molecule has 0 radical (unpaired) electrons. The molecule has 9 heteroatoms. The number of nitrogens with zero attached hydrogens (tertiary/aromatic N) is 3. The highest BCUT2D eigenvalue weighted by Gasteiger charge is 2.47.